The van der Waals surface area contributed by atoms with Gasteiger partial charge in [-0.25, -0.2) is 9.59 Å². The van der Waals surface area contributed by atoms with Crippen LogP contribution in [0.4, 0.5) is 5.00 Å². The summed E-state index contributed by atoms with van der Waals surface area (Å²) in [5.74, 6) is -0.301. The SMILES string of the molecule is CCOC(=O)c1sc(NC(=O)c2cc(-c3ccc4c(c3)OCCO4)on2)c(C(=O)OCC)c1C. The van der Waals surface area contributed by atoms with Crippen molar-refractivity contribution in [3.8, 4) is 22.8 Å². The van der Waals surface area contributed by atoms with Crippen molar-refractivity contribution >= 4 is 34.2 Å². The first-order chi connectivity index (χ1) is 16.4. The minimum atomic E-state index is -0.654. The number of carbonyl (C=O) groups excluding carboxylic acids is 3. The Morgan fingerprint density at radius 2 is 1.74 bits per heavy atom. The van der Waals surface area contributed by atoms with Crippen molar-refractivity contribution in [2.24, 2.45) is 0 Å². The summed E-state index contributed by atoms with van der Waals surface area (Å²) in [5.41, 5.74) is 1.11. The van der Waals surface area contributed by atoms with E-state index in [-0.39, 0.29) is 34.3 Å². The molecule has 0 saturated heterocycles. The second-order valence-electron chi connectivity index (χ2n) is 7.09. The lowest BCUT2D eigenvalue weighted by Gasteiger charge is -2.18. The standard InChI is InChI=1S/C23H22N2O8S/c1-4-29-22(27)18-12(3)19(23(28)30-5-2)34-21(18)24-20(26)14-11-16(33-25-14)13-6-7-15-17(10-13)32-9-8-31-15/h6-7,10-11H,4-5,8-9H2,1-3H3,(H,24,26). The molecule has 1 N–H and O–H groups in total. The van der Waals surface area contributed by atoms with E-state index in [0.29, 0.717) is 41.6 Å². The predicted octanol–water partition coefficient (Wildman–Crippen LogP) is 4.09. The molecule has 0 bridgehead atoms. The van der Waals surface area contributed by atoms with Crippen LogP contribution in [0, 0.1) is 6.92 Å². The van der Waals surface area contributed by atoms with Gasteiger partial charge in [0.1, 0.15) is 23.1 Å². The number of amides is 1. The molecule has 178 valence electrons. The number of ether oxygens (including phenoxy) is 4. The number of hydrogen-bond donors (Lipinski definition) is 1. The van der Waals surface area contributed by atoms with Gasteiger partial charge in [-0.2, -0.15) is 0 Å². The molecule has 0 radical (unpaired) electrons. The molecular weight excluding hydrogens is 464 g/mol. The van der Waals surface area contributed by atoms with Crippen LogP contribution in [0.1, 0.15) is 49.9 Å². The summed E-state index contributed by atoms with van der Waals surface area (Å²) in [5, 5.41) is 6.65. The van der Waals surface area contributed by atoms with Gasteiger partial charge in [0.05, 0.1) is 18.8 Å². The maximum absolute atomic E-state index is 12.9. The molecule has 3 aromatic rings. The molecule has 0 atom stereocenters. The molecule has 0 fully saturated rings. The highest BCUT2D eigenvalue weighted by Crippen LogP contribution is 2.36. The zero-order chi connectivity index (χ0) is 24.2. The van der Waals surface area contributed by atoms with Crippen LogP contribution in [0.2, 0.25) is 0 Å². The smallest absolute Gasteiger partial charge is 0.348 e. The summed E-state index contributed by atoms with van der Waals surface area (Å²) in [6, 6.07) is 6.73. The fraction of sp³-hybridized carbons (Fsp3) is 0.304. The van der Waals surface area contributed by atoms with Crippen molar-refractivity contribution in [2.45, 2.75) is 20.8 Å². The topological polar surface area (TPSA) is 126 Å². The third-order valence-corrected chi connectivity index (χ3v) is 6.07. The van der Waals surface area contributed by atoms with Crippen LogP contribution in [0.3, 0.4) is 0 Å². The van der Waals surface area contributed by atoms with Crippen molar-refractivity contribution < 1.29 is 37.9 Å². The Hall–Kier alpha value is -3.86. The van der Waals surface area contributed by atoms with Crippen LogP contribution in [0.5, 0.6) is 11.5 Å². The number of hydrogen-bond acceptors (Lipinski definition) is 10. The van der Waals surface area contributed by atoms with Crippen molar-refractivity contribution in [3.05, 3.63) is 46.0 Å². The number of benzene rings is 1. The molecule has 0 saturated carbocycles. The van der Waals surface area contributed by atoms with Crippen LogP contribution in [0.15, 0.2) is 28.8 Å². The molecule has 1 aliphatic rings. The predicted molar refractivity (Wildman–Crippen MR) is 122 cm³/mol. The van der Waals surface area contributed by atoms with E-state index in [2.05, 4.69) is 10.5 Å². The number of aromatic nitrogens is 1. The van der Waals surface area contributed by atoms with Gasteiger partial charge < -0.3 is 28.8 Å². The summed E-state index contributed by atoms with van der Waals surface area (Å²) in [6.45, 7) is 6.18. The number of fused-ring (bicyclic) bond motifs is 1. The first-order valence-corrected chi connectivity index (χ1v) is 11.4. The van der Waals surface area contributed by atoms with Crippen LogP contribution in [-0.2, 0) is 9.47 Å². The Morgan fingerprint density at radius 1 is 1.03 bits per heavy atom. The summed E-state index contributed by atoms with van der Waals surface area (Å²) in [7, 11) is 0. The lowest BCUT2D eigenvalue weighted by molar-refractivity contribution is 0.0527. The minimum Gasteiger partial charge on any atom is -0.486 e. The average molecular weight is 487 g/mol. The fourth-order valence-corrected chi connectivity index (χ4v) is 4.41. The van der Waals surface area contributed by atoms with Crippen molar-refractivity contribution in [2.75, 3.05) is 31.7 Å². The van der Waals surface area contributed by atoms with E-state index in [1.54, 1.807) is 39.0 Å². The van der Waals surface area contributed by atoms with Gasteiger partial charge >= 0.3 is 11.9 Å². The number of anilines is 1. The first kappa shape index (κ1) is 23.3. The molecule has 3 heterocycles. The quantitative estimate of drug-likeness (QED) is 0.491. The van der Waals surface area contributed by atoms with Gasteiger partial charge in [-0.3, -0.25) is 4.79 Å². The summed E-state index contributed by atoms with van der Waals surface area (Å²) >= 11 is 0.934. The van der Waals surface area contributed by atoms with E-state index in [4.69, 9.17) is 23.5 Å². The molecule has 2 aromatic heterocycles. The maximum Gasteiger partial charge on any atom is 0.348 e. The molecule has 1 aliphatic heterocycles. The van der Waals surface area contributed by atoms with E-state index in [1.165, 1.54) is 6.07 Å². The van der Waals surface area contributed by atoms with Crippen molar-refractivity contribution in [1.82, 2.24) is 5.16 Å². The monoisotopic (exact) mass is 486 g/mol. The van der Waals surface area contributed by atoms with E-state index in [9.17, 15) is 14.4 Å². The van der Waals surface area contributed by atoms with Crippen molar-refractivity contribution in [1.29, 1.82) is 0 Å². The average Bonchev–Trinajstić information content (AvgIpc) is 3.44. The first-order valence-electron chi connectivity index (χ1n) is 10.6. The van der Waals surface area contributed by atoms with Gasteiger partial charge in [-0.15, -0.1) is 11.3 Å². The second kappa shape index (κ2) is 9.96. The van der Waals surface area contributed by atoms with Gasteiger partial charge in [0.25, 0.3) is 5.91 Å². The normalized spacial score (nSPS) is 12.2. The van der Waals surface area contributed by atoms with Gasteiger partial charge in [-0.05, 0) is 44.5 Å². The van der Waals surface area contributed by atoms with E-state index >= 15 is 0 Å². The number of nitrogens with one attached hydrogen (secondary N) is 1. The van der Waals surface area contributed by atoms with Gasteiger partial charge in [-0.1, -0.05) is 5.16 Å². The Labute approximate surface area is 198 Å². The number of nitrogens with zero attached hydrogens (tertiary/aromatic N) is 1. The molecule has 1 aromatic carbocycles. The molecule has 34 heavy (non-hydrogen) atoms. The van der Waals surface area contributed by atoms with E-state index in [1.807, 2.05) is 0 Å². The number of esters is 2. The van der Waals surface area contributed by atoms with Crippen LogP contribution in [-0.4, -0.2) is 49.4 Å². The number of rotatable bonds is 7. The van der Waals surface area contributed by atoms with Gasteiger partial charge in [0.15, 0.2) is 23.0 Å². The van der Waals surface area contributed by atoms with Crippen LogP contribution in [0.25, 0.3) is 11.3 Å². The van der Waals surface area contributed by atoms with Gasteiger partial charge in [0, 0.05) is 11.6 Å². The number of carbonyl (C=O) groups is 3. The molecular formula is C23H22N2O8S. The molecule has 1 amide bonds. The number of thiophene rings is 1. The highest BCUT2D eigenvalue weighted by Gasteiger charge is 2.28. The van der Waals surface area contributed by atoms with E-state index < -0.39 is 17.8 Å². The minimum absolute atomic E-state index is 0.0107. The van der Waals surface area contributed by atoms with Gasteiger partial charge in [0.2, 0.25) is 0 Å². The third-order valence-electron chi connectivity index (χ3n) is 4.88. The lowest BCUT2D eigenvalue weighted by Crippen LogP contribution is -2.15. The zero-order valence-corrected chi connectivity index (χ0v) is 19.6. The summed E-state index contributed by atoms with van der Waals surface area (Å²) in [4.78, 5) is 37.9. The lowest BCUT2D eigenvalue weighted by atomic mass is 10.1. The summed E-state index contributed by atoms with van der Waals surface area (Å²) in [6.07, 6.45) is 0. The largest absolute Gasteiger partial charge is 0.486 e. The molecule has 10 nitrogen and oxygen atoms in total. The third kappa shape index (κ3) is 4.60. The Bertz CT molecular complexity index is 1250. The van der Waals surface area contributed by atoms with E-state index in [0.717, 1.165) is 11.3 Å². The Kier molecular flexibility index (Phi) is 6.82. The Morgan fingerprint density at radius 3 is 2.47 bits per heavy atom. The van der Waals surface area contributed by atoms with Crippen LogP contribution >= 0.6 is 11.3 Å². The molecule has 0 spiro atoms. The van der Waals surface area contributed by atoms with Crippen molar-refractivity contribution in [3.63, 3.8) is 0 Å². The highest BCUT2D eigenvalue weighted by atomic mass is 32.1. The second-order valence-corrected chi connectivity index (χ2v) is 8.11. The zero-order valence-electron chi connectivity index (χ0n) is 18.8. The molecule has 11 heteroatoms. The molecule has 4 rings (SSSR count). The van der Waals surface area contributed by atoms with Crippen LogP contribution < -0.4 is 14.8 Å². The fourth-order valence-electron chi connectivity index (χ4n) is 3.32. The Balaban J connectivity index is 1.59. The molecule has 0 aliphatic carbocycles. The summed E-state index contributed by atoms with van der Waals surface area (Å²) < 4.78 is 26.6. The highest BCUT2D eigenvalue weighted by molar-refractivity contribution is 7.18. The molecule has 0 unspecified atom stereocenters. The maximum atomic E-state index is 12.9.